The van der Waals surface area contributed by atoms with Gasteiger partial charge in [0.05, 0.1) is 10.7 Å². The topological polar surface area (TPSA) is 72.7 Å². The highest BCUT2D eigenvalue weighted by Gasteiger charge is 2.20. The molecule has 0 aliphatic heterocycles. The molecule has 1 N–H and O–H groups in total. The maximum absolute atomic E-state index is 12.4. The number of halogens is 3. The van der Waals surface area contributed by atoms with Gasteiger partial charge in [-0.05, 0) is 54.6 Å². The Morgan fingerprint density at radius 3 is 2.64 bits per heavy atom. The van der Waals surface area contributed by atoms with Crippen molar-refractivity contribution >= 4 is 50.7 Å². The molecule has 2 aromatic carbocycles. The third-order valence-electron chi connectivity index (χ3n) is 3.44. The van der Waals surface area contributed by atoms with Crippen LogP contribution in [0.5, 0.6) is 0 Å². The SMILES string of the molecule is CC(C(=O)Nc1cc(Cl)ccc1Cl)n1nnc(-c2ccc(Br)cc2)n1. The van der Waals surface area contributed by atoms with Crippen molar-refractivity contribution in [2.45, 2.75) is 13.0 Å². The number of aromatic nitrogens is 4. The fourth-order valence-corrected chi connectivity index (χ4v) is 2.64. The van der Waals surface area contributed by atoms with Crippen LogP contribution in [0.3, 0.4) is 0 Å². The van der Waals surface area contributed by atoms with Crippen molar-refractivity contribution in [1.29, 1.82) is 0 Å². The van der Waals surface area contributed by atoms with Crippen LogP contribution in [0, 0.1) is 0 Å². The number of hydrogen-bond donors (Lipinski definition) is 1. The molecule has 1 amide bonds. The van der Waals surface area contributed by atoms with E-state index in [9.17, 15) is 4.79 Å². The van der Waals surface area contributed by atoms with E-state index >= 15 is 0 Å². The number of nitrogens with zero attached hydrogens (tertiary/aromatic N) is 4. The smallest absolute Gasteiger partial charge is 0.250 e. The molecule has 6 nitrogen and oxygen atoms in total. The molecule has 3 rings (SSSR count). The number of amides is 1. The number of carbonyl (C=O) groups is 1. The normalized spacial score (nSPS) is 12.0. The second-order valence-electron chi connectivity index (χ2n) is 5.23. The van der Waals surface area contributed by atoms with Crippen LogP contribution in [0.15, 0.2) is 46.9 Å². The Labute approximate surface area is 162 Å². The summed E-state index contributed by atoms with van der Waals surface area (Å²) in [5.41, 5.74) is 1.24. The Morgan fingerprint density at radius 1 is 1.20 bits per heavy atom. The molecule has 3 aromatic rings. The van der Waals surface area contributed by atoms with Crippen molar-refractivity contribution in [1.82, 2.24) is 20.2 Å². The van der Waals surface area contributed by atoms with Gasteiger partial charge >= 0.3 is 0 Å². The van der Waals surface area contributed by atoms with Crippen molar-refractivity contribution in [2.75, 3.05) is 5.32 Å². The molecule has 0 saturated heterocycles. The molecular weight excluding hydrogens is 429 g/mol. The largest absolute Gasteiger partial charge is 0.323 e. The first-order valence-corrected chi connectivity index (χ1v) is 8.80. The van der Waals surface area contributed by atoms with Crippen molar-refractivity contribution in [2.24, 2.45) is 0 Å². The summed E-state index contributed by atoms with van der Waals surface area (Å²) >= 11 is 15.4. The van der Waals surface area contributed by atoms with E-state index in [1.54, 1.807) is 25.1 Å². The maximum atomic E-state index is 12.4. The van der Waals surface area contributed by atoms with Gasteiger partial charge in [-0.3, -0.25) is 4.79 Å². The number of anilines is 1. The van der Waals surface area contributed by atoms with Crippen LogP contribution >= 0.6 is 39.1 Å². The Balaban J connectivity index is 1.76. The van der Waals surface area contributed by atoms with E-state index in [0.717, 1.165) is 10.0 Å². The number of rotatable bonds is 4. The average Bonchev–Trinajstić information content (AvgIpc) is 3.08. The molecular formula is C16H12BrCl2N5O. The fraction of sp³-hybridized carbons (Fsp3) is 0.125. The lowest BCUT2D eigenvalue weighted by Crippen LogP contribution is -2.25. The fourth-order valence-electron chi connectivity index (χ4n) is 2.04. The second-order valence-corrected chi connectivity index (χ2v) is 6.99. The van der Waals surface area contributed by atoms with Crippen LogP contribution in [-0.2, 0) is 4.79 Å². The minimum absolute atomic E-state index is 0.330. The van der Waals surface area contributed by atoms with Crippen LogP contribution in [0.1, 0.15) is 13.0 Å². The highest BCUT2D eigenvalue weighted by atomic mass is 79.9. The molecule has 1 heterocycles. The molecule has 1 atom stereocenters. The van der Waals surface area contributed by atoms with E-state index in [1.807, 2.05) is 24.3 Å². The lowest BCUT2D eigenvalue weighted by atomic mass is 10.2. The highest BCUT2D eigenvalue weighted by molar-refractivity contribution is 9.10. The predicted molar refractivity (Wildman–Crippen MR) is 101 cm³/mol. The number of nitrogens with one attached hydrogen (secondary N) is 1. The van der Waals surface area contributed by atoms with Gasteiger partial charge in [-0.15, -0.1) is 10.2 Å². The summed E-state index contributed by atoms with van der Waals surface area (Å²) in [4.78, 5) is 13.7. The first-order chi connectivity index (χ1) is 11.9. The van der Waals surface area contributed by atoms with E-state index in [2.05, 4.69) is 36.7 Å². The van der Waals surface area contributed by atoms with Crippen molar-refractivity contribution in [3.05, 3.63) is 57.0 Å². The average molecular weight is 441 g/mol. The standard InChI is InChI=1S/C16H12BrCl2N5O/c1-9(16(25)20-14-8-12(18)6-7-13(14)19)24-22-15(21-23-24)10-2-4-11(17)5-3-10/h2-9H,1H3,(H,20,25). The zero-order valence-corrected chi connectivity index (χ0v) is 16.0. The van der Waals surface area contributed by atoms with Crippen molar-refractivity contribution < 1.29 is 4.79 Å². The van der Waals surface area contributed by atoms with Gasteiger partial charge in [-0.2, -0.15) is 4.80 Å². The van der Waals surface area contributed by atoms with E-state index in [0.29, 0.717) is 21.6 Å². The molecule has 0 radical (unpaired) electrons. The van der Waals surface area contributed by atoms with Gasteiger partial charge in [-0.1, -0.05) is 39.1 Å². The third kappa shape index (κ3) is 4.18. The number of tetrazole rings is 1. The Hall–Kier alpha value is -1.96. The van der Waals surface area contributed by atoms with Crippen LogP contribution in [-0.4, -0.2) is 26.1 Å². The molecule has 0 fully saturated rings. The highest BCUT2D eigenvalue weighted by Crippen LogP contribution is 2.26. The predicted octanol–water partition coefficient (Wildman–Crippen LogP) is 4.61. The monoisotopic (exact) mass is 439 g/mol. The minimum atomic E-state index is -0.674. The van der Waals surface area contributed by atoms with Crippen LogP contribution < -0.4 is 5.32 Å². The Morgan fingerprint density at radius 2 is 1.92 bits per heavy atom. The molecule has 0 saturated carbocycles. The Bertz CT molecular complexity index is 913. The molecule has 1 unspecified atom stereocenters. The second kappa shape index (κ2) is 7.51. The molecule has 128 valence electrons. The minimum Gasteiger partial charge on any atom is -0.323 e. The number of hydrogen-bond acceptors (Lipinski definition) is 4. The van der Waals surface area contributed by atoms with Gasteiger partial charge < -0.3 is 5.32 Å². The molecule has 0 bridgehead atoms. The first-order valence-electron chi connectivity index (χ1n) is 7.25. The van der Waals surface area contributed by atoms with Gasteiger partial charge in [-0.25, -0.2) is 0 Å². The van der Waals surface area contributed by atoms with E-state index < -0.39 is 6.04 Å². The van der Waals surface area contributed by atoms with Crippen molar-refractivity contribution in [3.8, 4) is 11.4 Å². The van der Waals surface area contributed by atoms with E-state index in [4.69, 9.17) is 23.2 Å². The zero-order chi connectivity index (χ0) is 18.0. The van der Waals surface area contributed by atoms with E-state index in [1.165, 1.54) is 4.80 Å². The van der Waals surface area contributed by atoms with E-state index in [-0.39, 0.29) is 5.91 Å². The summed E-state index contributed by atoms with van der Waals surface area (Å²) in [5.74, 6) is 0.108. The maximum Gasteiger partial charge on any atom is 0.250 e. The van der Waals surface area contributed by atoms with Gasteiger partial charge in [0.2, 0.25) is 5.82 Å². The van der Waals surface area contributed by atoms with Gasteiger partial charge in [0.1, 0.15) is 6.04 Å². The Kier molecular flexibility index (Phi) is 5.36. The summed E-state index contributed by atoms with van der Waals surface area (Å²) in [6.07, 6.45) is 0. The van der Waals surface area contributed by atoms with Crippen LogP contribution in [0.4, 0.5) is 5.69 Å². The van der Waals surface area contributed by atoms with Crippen LogP contribution in [0.25, 0.3) is 11.4 Å². The van der Waals surface area contributed by atoms with Crippen molar-refractivity contribution in [3.63, 3.8) is 0 Å². The summed E-state index contributed by atoms with van der Waals surface area (Å²) in [5, 5.41) is 15.8. The summed E-state index contributed by atoms with van der Waals surface area (Å²) in [7, 11) is 0. The quantitative estimate of drug-likeness (QED) is 0.642. The molecule has 9 heteroatoms. The first kappa shape index (κ1) is 17.8. The lowest BCUT2D eigenvalue weighted by Gasteiger charge is -2.12. The molecule has 0 aliphatic carbocycles. The van der Waals surface area contributed by atoms with Gasteiger partial charge in [0, 0.05) is 15.1 Å². The molecule has 25 heavy (non-hydrogen) atoms. The molecule has 0 spiro atoms. The summed E-state index contributed by atoms with van der Waals surface area (Å²) in [6, 6.07) is 11.7. The number of benzene rings is 2. The summed E-state index contributed by atoms with van der Waals surface area (Å²) < 4.78 is 0.954. The van der Waals surface area contributed by atoms with Crippen LogP contribution in [0.2, 0.25) is 10.0 Å². The zero-order valence-electron chi connectivity index (χ0n) is 12.9. The third-order valence-corrected chi connectivity index (χ3v) is 4.54. The molecule has 0 aliphatic rings. The number of carbonyl (C=O) groups excluding carboxylic acids is 1. The molecule has 1 aromatic heterocycles. The van der Waals surface area contributed by atoms with Gasteiger partial charge in [0.25, 0.3) is 5.91 Å². The summed E-state index contributed by atoms with van der Waals surface area (Å²) in [6.45, 7) is 1.67. The lowest BCUT2D eigenvalue weighted by molar-refractivity contribution is -0.119. The van der Waals surface area contributed by atoms with Gasteiger partial charge in [0.15, 0.2) is 0 Å².